The van der Waals surface area contributed by atoms with E-state index in [1.54, 1.807) is 25.7 Å². The van der Waals surface area contributed by atoms with E-state index in [0.717, 1.165) is 48.8 Å². The van der Waals surface area contributed by atoms with Crippen LogP contribution in [0.25, 0.3) is 0 Å². The predicted octanol–water partition coefficient (Wildman–Crippen LogP) is 5.97. The normalized spacial score (nSPS) is 12.1. The maximum absolute atomic E-state index is 13.5. The molecule has 1 atom stereocenters. The maximum atomic E-state index is 13.5. The molecule has 36 heavy (non-hydrogen) atoms. The predicted molar refractivity (Wildman–Crippen MR) is 146 cm³/mol. The van der Waals surface area contributed by atoms with Crippen molar-refractivity contribution in [3.8, 4) is 0 Å². The summed E-state index contributed by atoms with van der Waals surface area (Å²) >= 11 is 0. The second-order valence-corrected chi connectivity index (χ2v) is 10.6. The van der Waals surface area contributed by atoms with E-state index < -0.39 is 17.7 Å². The highest BCUT2D eigenvalue weighted by Crippen LogP contribution is 2.27. The summed E-state index contributed by atoms with van der Waals surface area (Å²) in [4.78, 5) is 40.9. The second kappa shape index (κ2) is 16.2. The number of alkyl carbamates (subject to hydrolysis) is 1. The Hall–Kier alpha value is -2.57. The van der Waals surface area contributed by atoms with Crippen LogP contribution in [0.15, 0.2) is 18.2 Å². The standard InChI is InChI=1S/C29H49N3O4/c1-8-10-12-13-14-15-19-32(25(33)21-31-28(35)36-29(5,6)7)26(27(34)30-18-11-9-2)24-20-22(3)16-17-23(24)4/h16-17,20,26H,8-15,18-19,21H2,1-7H3,(H,30,34)(H,31,35). The number of hydrogen-bond acceptors (Lipinski definition) is 4. The number of nitrogens with zero attached hydrogens (tertiary/aromatic N) is 1. The highest BCUT2D eigenvalue weighted by Gasteiger charge is 2.32. The lowest BCUT2D eigenvalue weighted by Gasteiger charge is -2.33. The number of amides is 3. The van der Waals surface area contributed by atoms with Gasteiger partial charge >= 0.3 is 6.09 Å². The molecule has 1 aromatic rings. The van der Waals surface area contributed by atoms with Gasteiger partial charge in [0.05, 0.1) is 0 Å². The molecule has 0 aromatic heterocycles. The first-order valence-corrected chi connectivity index (χ1v) is 13.6. The molecular formula is C29H49N3O4. The Bertz CT molecular complexity index is 832. The third-order valence-corrected chi connectivity index (χ3v) is 5.97. The third kappa shape index (κ3) is 11.9. The van der Waals surface area contributed by atoms with Crippen LogP contribution in [0.4, 0.5) is 4.79 Å². The molecule has 0 aliphatic heterocycles. The van der Waals surface area contributed by atoms with Crippen LogP contribution in [-0.4, -0.2) is 48.0 Å². The van der Waals surface area contributed by atoms with Gasteiger partial charge in [-0.1, -0.05) is 76.1 Å². The summed E-state index contributed by atoms with van der Waals surface area (Å²) in [6.45, 7) is 14.3. The third-order valence-electron chi connectivity index (χ3n) is 5.97. The van der Waals surface area contributed by atoms with Gasteiger partial charge in [0.2, 0.25) is 11.8 Å². The maximum Gasteiger partial charge on any atom is 0.408 e. The number of nitrogens with one attached hydrogen (secondary N) is 2. The van der Waals surface area contributed by atoms with Crippen LogP contribution < -0.4 is 10.6 Å². The number of benzene rings is 1. The molecule has 2 N–H and O–H groups in total. The average molecular weight is 504 g/mol. The van der Waals surface area contributed by atoms with Gasteiger partial charge in [-0.25, -0.2) is 4.79 Å². The zero-order valence-electron chi connectivity index (χ0n) is 23.7. The van der Waals surface area contributed by atoms with Gasteiger partial charge in [-0.3, -0.25) is 9.59 Å². The van der Waals surface area contributed by atoms with Gasteiger partial charge in [0.15, 0.2) is 0 Å². The van der Waals surface area contributed by atoms with E-state index in [1.807, 2.05) is 32.0 Å². The number of aryl methyl sites for hydroxylation is 2. The Morgan fingerprint density at radius 2 is 1.56 bits per heavy atom. The molecule has 0 aliphatic rings. The molecule has 0 heterocycles. The van der Waals surface area contributed by atoms with E-state index >= 15 is 0 Å². The fourth-order valence-corrected chi connectivity index (χ4v) is 4.01. The minimum atomic E-state index is -0.759. The molecule has 7 nitrogen and oxygen atoms in total. The Labute approximate surface area is 218 Å². The minimum Gasteiger partial charge on any atom is -0.444 e. The Kier molecular flexibility index (Phi) is 14.2. The fourth-order valence-electron chi connectivity index (χ4n) is 4.01. The zero-order chi connectivity index (χ0) is 27.1. The zero-order valence-corrected chi connectivity index (χ0v) is 23.7. The lowest BCUT2D eigenvalue weighted by molar-refractivity contribution is -0.140. The first-order valence-electron chi connectivity index (χ1n) is 13.6. The van der Waals surface area contributed by atoms with Gasteiger partial charge in [0, 0.05) is 13.1 Å². The van der Waals surface area contributed by atoms with Crippen molar-refractivity contribution in [1.82, 2.24) is 15.5 Å². The highest BCUT2D eigenvalue weighted by atomic mass is 16.6. The molecular weight excluding hydrogens is 454 g/mol. The number of ether oxygens (including phenoxy) is 1. The van der Waals surface area contributed by atoms with Crippen LogP contribution in [-0.2, 0) is 14.3 Å². The van der Waals surface area contributed by atoms with E-state index in [2.05, 4.69) is 24.5 Å². The molecule has 0 fully saturated rings. The summed E-state index contributed by atoms with van der Waals surface area (Å²) in [7, 11) is 0. The van der Waals surface area contributed by atoms with E-state index in [9.17, 15) is 14.4 Å². The summed E-state index contributed by atoms with van der Waals surface area (Å²) in [5.41, 5.74) is 2.14. The smallest absolute Gasteiger partial charge is 0.408 e. The van der Waals surface area contributed by atoms with Crippen molar-refractivity contribution in [2.45, 2.75) is 111 Å². The highest BCUT2D eigenvalue weighted by molar-refractivity contribution is 5.90. The minimum absolute atomic E-state index is 0.186. The average Bonchev–Trinajstić information content (AvgIpc) is 2.80. The van der Waals surface area contributed by atoms with Gasteiger partial charge in [-0.2, -0.15) is 0 Å². The van der Waals surface area contributed by atoms with Crippen molar-refractivity contribution in [3.05, 3.63) is 34.9 Å². The first kappa shape index (κ1) is 31.5. The molecule has 0 aliphatic carbocycles. The van der Waals surface area contributed by atoms with Gasteiger partial charge in [-0.15, -0.1) is 0 Å². The fraction of sp³-hybridized carbons (Fsp3) is 0.690. The Morgan fingerprint density at radius 3 is 2.19 bits per heavy atom. The van der Waals surface area contributed by atoms with Crippen molar-refractivity contribution in [2.75, 3.05) is 19.6 Å². The van der Waals surface area contributed by atoms with Crippen LogP contribution in [0.2, 0.25) is 0 Å². The van der Waals surface area contributed by atoms with Crippen LogP contribution >= 0.6 is 0 Å². The molecule has 1 rings (SSSR count). The van der Waals surface area contributed by atoms with Crippen LogP contribution in [0.3, 0.4) is 0 Å². The summed E-state index contributed by atoms with van der Waals surface area (Å²) in [6.07, 6.45) is 7.62. The van der Waals surface area contributed by atoms with Gasteiger partial charge < -0.3 is 20.3 Å². The quantitative estimate of drug-likeness (QED) is 0.288. The Balaban J connectivity index is 3.19. The van der Waals surface area contributed by atoms with E-state index in [4.69, 9.17) is 4.74 Å². The summed E-state index contributed by atoms with van der Waals surface area (Å²) in [5.74, 6) is -0.486. The van der Waals surface area contributed by atoms with Crippen molar-refractivity contribution >= 4 is 17.9 Å². The molecule has 7 heteroatoms. The van der Waals surface area contributed by atoms with Crippen LogP contribution in [0.1, 0.15) is 109 Å². The number of rotatable bonds is 15. The largest absolute Gasteiger partial charge is 0.444 e. The number of hydrogen-bond donors (Lipinski definition) is 2. The lowest BCUT2D eigenvalue weighted by Crippen LogP contribution is -2.48. The van der Waals surface area contributed by atoms with Gasteiger partial charge in [0.1, 0.15) is 18.2 Å². The molecule has 1 unspecified atom stereocenters. The number of carbonyl (C=O) groups excluding carboxylic acids is 3. The summed E-state index contributed by atoms with van der Waals surface area (Å²) < 4.78 is 5.30. The molecule has 3 amide bonds. The van der Waals surface area contributed by atoms with Crippen molar-refractivity contribution in [1.29, 1.82) is 0 Å². The topological polar surface area (TPSA) is 87.7 Å². The van der Waals surface area contributed by atoms with Crippen molar-refractivity contribution in [2.24, 2.45) is 0 Å². The monoisotopic (exact) mass is 503 g/mol. The molecule has 0 saturated heterocycles. The van der Waals surface area contributed by atoms with Crippen molar-refractivity contribution in [3.63, 3.8) is 0 Å². The lowest BCUT2D eigenvalue weighted by atomic mass is 9.96. The van der Waals surface area contributed by atoms with E-state index in [0.29, 0.717) is 13.1 Å². The molecule has 0 bridgehead atoms. The summed E-state index contributed by atoms with van der Waals surface area (Å²) in [6, 6.07) is 5.23. The van der Waals surface area contributed by atoms with E-state index in [-0.39, 0.29) is 18.4 Å². The van der Waals surface area contributed by atoms with Crippen LogP contribution in [0, 0.1) is 13.8 Å². The molecule has 0 spiro atoms. The molecule has 204 valence electrons. The second-order valence-electron chi connectivity index (χ2n) is 10.6. The molecule has 1 aromatic carbocycles. The van der Waals surface area contributed by atoms with Crippen LogP contribution in [0.5, 0.6) is 0 Å². The van der Waals surface area contributed by atoms with Gasteiger partial charge in [0.25, 0.3) is 0 Å². The number of carbonyl (C=O) groups is 3. The molecule has 0 saturated carbocycles. The number of unbranched alkanes of at least 4 members (excludes halogenated alkanes) is 6. The molecule has 0 radical (unpaired) electrons. The summed E-state index contributed by atoms with van der Waals surface area (Å²) in [5, 5.41) is 5.61. The van der Waals surface area contributed by atoms with E-state index in [1.165, 1.54) is 19.3 Å². The first-order chi connectivity index (χ1) is 17.0. The SMILES string of the molecule is CCCCCCCCN(C(=O)CNC(=O)OC(C)(C)C)C(C(=O)NCCCC)c1cc(C)ccc1C. The van der Waals surface area contributed by atoms with Crippen molar-refractivity contribution < 1.29 is 19.1 Å². The van der Waals surface area contributed by atoms with Gasteiger partial charge in [-0.05, 0) is 58.6 Å². The Morgan fingerprint density at radius 1 is 0.917 bits per heavy atom.